The van der Waals surface area contributed by atoms with Crippen LogP contribution in [0.25, 0.3) is 0 Å². The number of aromatic carboxylic acids is 1. The molecule has 1 heterocycles. The monoisotopic (exact) mass is 329 g/mol. The Labute approximate surface area is 141 Å². The Morgan fingerprint density at radius 1 is 1.21 bits per heavy atom. The van der Waals surface area contributed by atoms with Crippen molar-refractivity contribution in [3.8, 4) is 0 Å². The third-order valence-corrected chi connectivity index (χ3v) is 3.86. The third kappa shape index (κ3) is 3.85. The summed E-state index contributed by atoms with van der Waals surface area (Å²) in [5, 5.41) is 12.2. The second kappa shape index (κ2) is 6.91. The van der Waals surface area contributed by atoms with Crippen LogP contribution in [0.4, 0.5) is 0 Å². The molecule has 1 unspecified atom stereocenters. The molecule has 128 valence electrons. The third-order valence-electron chi connectivity index (χ3n) is 3.86. The SMILES string of the molecule is CCc1oc(C(=O)NC(c2ccccc2)C(C)(C)C)cc1C(=O)O. The van der Waals surface area contributed by atoms with E-state index in [2.05, 4.69) is 5.32 Å². The molecule has 0 fully saturated rings. The maximum absolute atomic E-state index is 12.6. The Morgan fingerprint density at radius 2 is 1.83 bits per heavy atom. The largest absolute Gasteiger partial charge is 0.478 e. The number of benzene rings is 1. The van der Waals surface area contributed by atoms with E-state index in [1.54, 1.807) is 6.92 Å². The molecule has 0 radical (unpaired) electrons. The van der Waals surface area contributed by atoms with Crippen molar-refractivity contribution in [2.45, 2.75) is 40.2 Å². The summed E-state index contributed by atoms with van der Waals surface area (Å²) in [6.45, 7) is 7.89. The van der Waals surface area contributed by atoms with Crippen molar-refractivity contribution in [3.05, 3.63) is 59.0 Å². The van der Waals surface area contributed by atoms with Crippen LogP contribution in [0, 0.1) is 5.41 Å². The predicted octanol–water partition coefficient (Wildman–Crippen LogP) is 4.06. The maximum Gasteiger partial charge on any atom is 0.339 e. The molecular weight excluding hydrogens is 306 g/mol. The molecule has 24 heavy (non-hydrogen) atoms. The Bertz CT molecular complexity index is 726. The smallest absolute Gasteiger partial charge is 0.339 e. The van der Waals surface area contributed by atoms with Crippen molar-refractivity contribution in [2.75, 3.05) is 0 Å². The van der Waals surface area contributed by atoms with Crippen molar-refractivity contribution in [1.29, 1.82) is 0 Å². The van der Waals surface area contributed by atoms with E-state index in [-0.39, 0.29) is 22.8 Å². The summed E-state index contributed by atoms with van der Waals surface area (Å²) in [4.78, 5) is 23.8. The van der Waals surface area contributed by atoms with Crippen LogP contribution in [0.3, 0.4) is 0 Å². The summed E-state index contributed by atoms with van der Waals surface area (Å²) >= 11 is 0. The molecule has 0 bridgehead atoms. The first-order chi connectivity index (χ1) is 11.2. The van der Waals surface area contributed by atoms with Gasteiger partial charge in [-0.1, -0.05) is 58.0 Å². The van der Waals surface area contributed by atoms with E-state index >= 15 is 0 Å². The van der Waals surface area contributed by atoms with Crippen LogP contribution in [-0.2, 0) is 6.42 Å². The van der Waals surface area contributed by atoms with Crippen molar-refractivity contribution in [1.82, 2.24) is 5.32 Å². The molecule has 0 aliphatic heterocycles. The molecule has 5 nitrogen and oxygen atoms in total. The lowest BCUT2D eigenvalue weighted by molar-refractivity contribution is 0.0694. The van der Waals surface area contributed by atoms with E-state index in [4.69, 9.17) is 4.42 Å². The topological polar surface area (TPSA) is 79.5 Å². The van der Waals surface area contributed by atoms with Gasteiger partial charge >= 0.3 is 5.97 Å². The van der Waals surface area contributed by atoms with Crippen LogP contribution >= 0.6 is 0 Å². The van der Waals surface area contributed by atoms with Gasteiger partial charge in [0, 0.05) is 12.5 Å². The minimum atomic E-state index is -1.09. The van der Waals surface area contributed by atoms with E-state index in [1.165, 1.54) is 6.07 Å². The molecule has 1 aromatic carbocycles. The predicted molar refractivity (Wildman–Crippen MR) is 91.1 cm³/mol. The number of carboxylic acid groups (broad SMARTS) is 1. The van der Waals surface area contributed by atoms with Gasteiger partial charge in [-0.3, -0.25) is 4.79 Å². The first kappa shape index (κ1) is 17.8. The summed E-state index contributed by atoms with van der Waals surface area (Å²) in [6.07, 6.45) is 0.413. The molecule has 5 heteroatoms. The molecule has 0 aliphatic rings. The fraction of sp³-hybridized carbons (Fsp3) is 0.368. The van der Waals surface area contributed by atoms with Gasteiger partial charge in [0.1, 0.15) is 11.3 Å². The number of carboxylic acids is 1. The van der Waals surface area contributed by atoms with Gasteiger partial charge in [0.25, 0.3) is 5.91 Å². The number of hydrogen-bond donors (Lipinski definition) is 2. The lowest BCUT2D eigenvalue weighted by atomic mass is 9.82. The van der Waals surface area contributed by atoms with E-state index in [9.17, 15) is 14.7 Å². The lowest BCUT2D eigenvalue weighted by Gasteiger charge is -2.31. The van der Waals surface area contributed by atoms with Crippen LogP contribution in [-0.4, -0.2) is 17.0 Å². The highest BCUT2D eigenvalue weighted by Crippen LogP contribution is 2.33. The zero-order valence-electron chi connectivity index (χ0n) is 14.4. The summed E-state index contributed by atoms with van der Waals surface area (Å²) in [6, 6.07) is 10.7. The van der Waals surface area contributed by atoms with Gasteiger partial charge in [-0.15, -0.1) is 0 Å². The quantitative estimate of drug-likeness (QED) is 0.867. The second-order valence-electron chi connectivity index (χ2n) is 6.79. The fourth-order valence-corrected chi connectivity index (χ4v) is 2.63. The number of amides is 1. The van der Waals surface area contributed by atoms with Crippen molar-refractivity contribution >= 4 is 11.9 Å². The Kier molecular flexibility index (Phi) is 5.12. The number of carbonyl (C=O) groups excluding carboxylic acids is 1. The number of nitrogens with one attached hydrogen (secondary N) is 1. The molecule has 0 aliphatic carbocycles. The molecule has 2 N–H and O–H groups in total. The number of rotatable bonds is 5. The molecule has 1 aromatic heterocycles. The average Bonchev–Trinajstić information content (AvgIpc) is 2.96. The second-order valence-corrected chi connectivity index (χ2v) is 6.79. The van der Waals surface area contributed by atoms with E-state index in [1.807, 2.05) is 51.1 Å². The number of carbonyl (C=O) groups is 2. The highest BCUT2D eigenvalue weighted by Gasteiger charge is 2.29. The van der Waals surface area contributed by atoms with Gasteiger partial charge in [0.2, 0.25) is 0 Å². The lowest BCUT2D eigenvalue weighted by Crippen LogP contribution is -2.36. The molecule has 0 saturated heterocycles. The zero-order chi connectivity index (χ0) is 17.9. The number of aryl methyl sites for hydroxylation is 1. The molecular formula is C19H23NO4. The van der Waals surface area contributed by atoms with Crippen LogP contribution in [0.15, 0.2) is 40.8 Å². The van der Waals surface area contributed by atoms with E-state index in [0.717, 1.165) is 5.56 Å². The molecule has 1 atom stereocenters. The summed E-state index contributed by atoms with van der Waals surface area (Å²) in [5.41, 5.74) is 0.807. The van der Waals surface area contributed by atoms with E-state index < -0.39 is 11.9 Å². The van der Waals surface area contributed by atoms with Crippen molar-refractivity contribution < 1.29 is 19.1 Å². The first-order valence-corrected chi connectivity index (χ1v) is 7.95. The molecule has 0 spiro atoms. The van der Waals surface area contributed by atoms with Gasteiger partial charge in [-0.05, 0) is 11.0 Å². The minimum Gasteiger partial charge on any atom is -0.478 e. The van der Waals surface area contributed by atoms with Gasteiger partial charge in [-0.25, -0.2) is 4.79 Å². The van der Waals surface area contributed by atoms with Gasteiger partial charge in [0.05, 0.1) is 6.04 Å². The molecule has 2 rings (SSSR count). The van der Waals surface area contributed by atoms with Gasteiger partial charge in [-0.2, -0.15) is 0 Å². The normalized spacial score (nSPS) is 12.7. The maximum atomic E-state index is 12.6. The van der Waals surface area contributed by atoms with Crippen LogP contribution in [0.1, 0.15) is 66.0 Å². The molecule has 0 saturated carbocycles. The summed E-state index contributed by atoms with van der Waals surface area (Å²) in [5.74, 6) is -1.18. The number of furan rings is 1. The van der Waals surface area contributed by atoms with Crippen molar-refractivity contribution in [2.24, 2.45) is 5.41 Å². The van der Waals surface area contributed by atoms with E-state index in [0.29, 0.717) is 12.2 Å². The Hall–Kier alpha value is -2.56. The first-order valence-electron chi connectivity index (χ1n) is 7.95. The summed E-state index contributed by atoms with van der Waals surface area (Å²) in [7, 11) is 0. The highest BCUT2D eigenvalue weighted by atomic mass is 16.4. The summed E-state index contributed by atoms with van der Waals surface area (Å²) < 4.78 is 5.44. The zero-order valence-corrected chi connectivity index (χ0v) is 14.4. The van der Waals surface area contributed by atoms with Gasteiger partial charge < -0.3 is 14.8 Å². The molecule has 1 amide bonds. The number of hydrogen-bond acceptors (Lipinski definition) is 3. The van der Waals surface area contributed by atoms with Gasteiger partial charge in [0.15, 0.2) is 5.76 Å². The minimum absolute atomic E-state index is 0.0226. The Morgan fingerprint density at radius 3 is 2.29 bits per heavy atom. The fourth-order valence-electron chi connectivity index (χ4n) is 2.63. The standard InChI is InChI=1S/C19H23NO4/c1-5-14-13(18(22)23)11-15(24-14)17(21)20-16(19(2,3)4)12-9-7-6-8-10-12/h6-11,16H,5H2,1-4H3,(H,20,21)(H,22,23). The highest BCUT2D eigenvalue weighted by molar-refractivity contribution is 5.96. The van der Waals surface area contributed by atoms with Crippen LogP contribution < -0.4 is 5.32 Å². The molecule has 2 aromatic rings. The van der Waals surface area contributed by atoms with Crippen molar-refractivity contribution in [3.63, 3.8) is 0 Å². The van der Waals surface area contributed by atoms with Crippen LogP contribution in [0.2, 0.25) is 0 Å². The average molecular weight is 329 g/mol. The Balaban J connectivity index is 2.30. The van der Waals surface area contributed by atoms with Crippen LogP contribution in [0.5, 0.6) is 0 Å².